The van der Waals surface area contributed by atoms with Gasteiger partial charge in [-0.2, -0.15) is 0 Å². The van der Waals surface area contributed by atoms with E-state index in [1.165, 1.54) is 6.42 Å². The first kappa shape index (κ1) is 10.4. The fourth-order valence-corrected chi connectivity index (χ4v) is 3.11. The van der Waals surface area contributed by atoms with Crippen molar-refractivity contribution < 1.29 is 4.39 Å². The fraction of sp³-hybridized carbons (Fsp3) is 1.00. The number of hydrogen-bond donors (Lipinski definition) is 0. The Morgan fingerprint density at radius 2 is 1.79 bits per heavy atom. The lowest BCUT2D eigenvalue weighted by Crippen LogP contribution is -2.44. The van der Waals surface area contributed by atoms with Crippen LogP contribution in [-0.4, -0.2) is 30.2 Å². The lowest BCUT2D eigenvalue weighted by atomic mass is 9.73. The average Bonchev–Trinajstić information content (AvgIpc) is 2.26. The molecule has 2 aliphatic rings. The number of nitrogens with zero attached hydrogens (tertiary/aromatic N) is 1. The van der Waals surface area contributed by atoms with E-state index >= 15 is 0 Å². The van der Waals surface area contributed by atoms with Crippen molar-refractivity contribution in [1.82, 2.24) is 4.90 Å². The van der Waals surface area contributed by atoms with Crippen LogP contribution in [0.4, 0.5) is 4.39 Å². The standard InChI is InChI=1S/C12H22FN/c1-12(2,3)8-5-9-7-10(13)11(6-8)14(9)4/h8-11H,5-7H2,1-4H3/t8-,9?,10?,11?/m0/s1. The zero-order valence-electron chi connectivity index (χ0n) is 9.76. The molecule has 1 nitrogen and oxygen atoms in total. The Bertz CT molecular complexity index is 221. The predicted octanol–water partition coefficient (Wildman–Crippen LogP) is 2.85. The SMILES string of the molecule is CN1C2CC(F)C1C[C@@H](C(C)(C)C)C2. The highest BCUT2D eigenvalue weighted by Crippen LogP contribution is 2.45. The Kier molecular flexibility index (Phi) is 2.37. The smallest absolute Gasteiger partial charge is 0.117 e. The summed E-state index contributed by atoms with van der Waals surface area (Å²) in [7, 11) is 2.09. The molecule has 0 aromatic rings. The second kappa shape index (κ2) is 3.19. The van der Waals surface area contributed by atoms with Gasteiger partial charge in [-0.25, -0.2) is 4.39 Å². The molecule has 0 saturated carbocycles. The van der Waals surface area contributed by atoms with Crippen molar-refractivity contribution in [2.24, 2.45) is 11.3 Å². The number of fused-ring (bicyclic) bond motifs is 2. The molecule has 0 amide bonds. The van der Waals surface area contributed by atoms with Gasteiger partial charge < -0.3 is 0 Å². The molecule has 2 saturated heterocycles. The highest BCUT2D eigenvalue weighted by molar-refractivity contribution is 5.00. The van der Waals surface area contributed by atoms with Crippen LogP contribution in [0.3, 0.4) is 0 Å². The third kappa shape index (κ3) is 1.58. The van der Waals surface area contributed by atoms with Gasteiger partial charge in [0.05, 0.1) is 0 Å². The third-order valence-electron chi connectivity index (χ3n) is 4.32. The van der Waals surface area contributed by atoms with Crippen LogP contribution in [0, 0.1) is 11.3 Å². The van der Waals surface area contributed by atoms with Crippen molar-refractivity contribution in [3.05, 3.63) is 0 Å². The minimum Gasteiger partial charge on any atom is -0.297 e. The first-order valence-electron chi connectivity index (χ1n) is 5.75. The summed E-state index contributed by atoms with van der Waals surface area (Å²) in [5.41, 5.74) is 0.349. The maximum atomic E-state index is 13.6. The Balaban J connectivity index is 2.11. The summed E-state index contributed by atoms with van der Waals surface area (Å²) in [6.07, 6.45) is 2.44. The molecule has 82 valence electrons. The number of piperidine rings is 1. The lowest BCUT2D eigenvalue weighted by Gasteiger charge is -2.42. The van der Waals surface area contributed by atoms with Gasteiger partial charge in [0, 0.05) is 12.1 Å². The summed E-state index contributed by atoms with van der Waals surface area (Å²) in [5, 5.41) is 0. The maximum Gasteiger partial charge on any atom is 0.117 e. The highest BCUT2D eigenvalue weighted by atomic mass is 19.1. The predicted molar refractivity (Wildman–Crippen MR) is 57.0 cm³/mol. The van der Waals surface area contributed by atoms with Gasteiger partial charge in [0.2, 0.25) is 0 Å². The molecule has 2 aliphatic heterocycles. The van der Waals surface area contributed by atoms with E-state index < -0.39 is 6.17 Å². The van der Waals surface area contributed by atoms with E-state index in [0.29, 0.717) is 17.4 Å². The number of hydrogen-bond acceptors (Lipinski definition) is 1. The largest absolute Gasteiger partial charge is 0.297 e. The van der Waals surface area contributed by atoms with Crippen LogP contribution >= 0.6 is 0 Å². The van der Waals surface area contributed by atoms with Crippen molar-refractivity contribution in [3.63, 3.8) is 0 Å². The minimum atomic E-state index is -0.572. The molecule has 2 rings (SSSR count). The van der Waals surface area contributed by atoms with Crippen molar-refractivity contribution in [3.8, 4) is 0 Å². The van der Waals surface area contributed by atoms with Crippen LogP contribution in [0.25, 0.3) is 0 Å². The molecule has 2 bridgehead atoms. The number of alkyl halides is 1. The average molecular weight is 199 g/mol. The molecule has 0 radical (unpaired) electrons. The molecular weight excluding hydrogens is 177 g/mol. The van der Waals surface area contributed by atoms with Crippen molar-refractivity contribution in [2.45, 2.75) is 58.3 Å². The van der Waals surface area contributed by atoms with Crippen molar-refractivity contribution in [1.29, 1.82) is 0 Å². The summed E-state index contributed by atoms with van der Waals surface area (Å²) in [4.78, 5) is 2.27. The molecule has 3 unspecified atom stereocenters. The number of halogens is 1. The molecule has 0 spiro atoms. The topological polar surface area (TPSA) is 3.24 Å². The molecule has 0 aliphatic carbocycles. The van der Waals surface area contributed by atoms with Crippen LogP contribution in [-0.2, 0) is 0 Å². The molecule has 0 aromatic heterocycles. The van der Waals surface area contributed by atoms with Crippen LogP contribution in [0.1, 0.15) is 40.0 Å². The van der Waals surface area contributed by atoms with E-state index in [0.717, 1.165) is 12.8 Å². The highest BCUT2D eigenvalue weighted by Gasteiger charge is 2.47. The second-order valence-corrected chi connectivity index (χ2v) is 6.17. The maximum absolute atomic E-state index is 13.6. The Morgan fingerprint density at radius 3 is 2.29 bits per heavy atom. The van der Waals surface area contributed by atoms with Gasteiger partial charge >= 0.3 is 0 Å². The normalized spacial score (nSPS) is 44.4. The van der Waals surface area contributed by atoms with E-state index in [9.17, 15) is 4.39 Å². The molecule has 4 atom stereocenters. The molecule has 0 aromatic carbocycles. The van der Waals surface area contributed by atoms with Crippen molar-refractivity contribution in [2.75, 3.05) is 7.05 Å². The Labute approximate surface area is 86.7 Å². The monoisotopic (exact) mass is 199 g/mol. The Morgan fingerprint density at radius 1 is 1.14 bits per heavy atom. The molecule has 14 heavy (non-hydrogen) atoms. The van der Waals surface area contributed by atoms with Gasteiger partial charge in [0.25, 0.3) is 0 Å². The molecule has 2 fully saturated rings. The quantitative estimate of drug-likeness (QED) is 0.580. The van der Waals surface area contributed by atoms with E-state index in [1.807, 2.05) is 0 Å². The zero-order chi connectivity index (χ0) is 10.5. The zero-order valence-corrected chi connectivity index (χ0v) is 9.76. The lowest BCUT2D eigenvalue weighted by molar-refractivity contribution is 0.0615. The van der Waals surface area contributed by atoms with Gasteiger partial charge in [0.15, 0.2) is 0 Å². The van der Waals surface area contributed by atoms with Crippen LogP contribution < -0.4 is 0 Å². The van der Waals surface area contributed by atoms with Crippen LogP contribution in [0.2, 0.25) is 0 Å². The first-order valence-corrected chi connectivity index (χ1v) is 5.75. The molecule has 2 heteroatoms. The molecule has 2 heterocycles. The van der Waals surface area contributed by atoms with Crippen LogP contribution in [0.15, 0.2) is 0 Å². The minimum absolute atomic E-state index is 0.206. The van der Waals surface area contributed by atoms with Gasteiger partial charge in [0.1, 0.15) is 6.17 Å². The number of rotatable bonds is 0. The summed E-state index contributed by atoms with van der Waals surface area (Å²) >= 11 is 0. The summed E-state index contributed by atoms with van der Waals surface area (Å²) in [6.45, 7) is 6.86. The van der Waals surface area contributed by atoms with Gasteiger partial charge in [-0.1, -0.05) is 20.8 Å². The second-order valence-electron chi connectivity index (χ2n) is 6.17. The van der Waals surface area contributed by atoms with E-state index in [2.05, 4.69) is 32.7 Å². The van der Waals surface area contributed by atoms with E-state index in [-0.39, 0.29) is 6.04 Å². The molecule has 0 N–H and O–H groups in total. The Hall–Kier alpha value is -0.110. The van der Waals surface area contributed by atoms with Gasteiger partial charge in [-0.15, -0.1) is 0 Å². The summed E-state index contributed by atoms with van der Waals surface area (Å²) < 4.78 is 13.6. The summed E-state index contributed by atoms with van der Waals surface area (Å²) in [6, 6.07) is 0.714. The van der Waals surface area contributed by atoms with Crippen molar-refractivity contribution >= 4 is 0 Å². The summed E-state index contributed by atoms with van der Waals surface area (Å²) in [5.74, 6) is 0.703. The van der Waals surface area contributed by atoms with E-state index in [1.54, 1.807) is 0 Å². The van der Waals surface area contributed by atoms with E-state index in [4.69, 9.17) is 0 Å². The third-order valence-corrected chi connectivity index (χ3v) is 4.32. The fourth-order valence-electron chi connectivity index (χ4n) is 3.11. The van der Waals surface area contributed by atoms with Gasteiger partial charge in [-0.05, 0) is 37.6 Å². The van der Waals surface area contributed by atoms with Crippen LogP contribution in [0.5, 0.6) is 0 Å². The first-order chi connectivity index (χ1) is 6.39. The molecular formula is C12H22FN. The van der Waals surface area contributed by atoms with Gasteiger partial charge in [-0.3, -0.25) is 4.90 Å².